The molecular formula is C12H13N7O3. The third kappa shape index (κ3) is 1.22. The highest BCUT2D eigenvalue weighted by Crippen LogP contribution is 2.64. The van der Waals surface area contributed by atoms with E-state index < -0.39 is 29.5 Å². The van der Waals surface area contributed by atoms with Crippen LogP contribution in [-0.4, -0.2) is 47.5 Å². The van der Waals surface area contributed by atoms with E-state index in [1.54, 1.807) is 0 Å². The molecule has 6 N–H and O–H groups in total. The fourth-order valence-corrected chi connectivity index (χ4v) is 3.20. The van der Waals surface area contributed by atoms with E-state index in [0.29, 0.717) is 11.2 Å². The van der Waals surface area contributed by atoms with Crippen LogP contribution in [0.2, 0.25) is 0 Å². The Hall–Kier alpha value is -2.48. The number of aliphatic hydroxyl groups excluding tert-OH is 1. The fraction of sp³-hybridized carbons (Fsp3) is 0.500. The third-order valence-corrected chi connectivity index (χ3v) is 4.61. The number of nitrogen functional groups attached to an aromatic ring is 2. The summed E-state index contributed by atoms with van der Waals surface area (Å²) < 4.78 is 7.12. The quantitative estimate of drug-likeness (QED) is 0.490. The molecule has 22 heavy (non-hydrogen) atoms. The average molecular weight is 303 g/mol. The van der Waals surface area contributed by atoms with Crippen LogP contribution in [0.15, 0.2) is 6.33 Å². The monoisotopic (exact) mass is 303 g/mol. The van der Waals surface area contributed by atoms with E-state index in [1.807, 2.05) is 6.07 Å². The number of anilines is 2. The van der Waals surface area contributed by atoms with Crippen LogP contribution < -0.4 is 11.5 Å². The Morgan fingerprint density at radius 2 is 2.18 bits per heavy atom. The molecule has 1 aliphatic heterocycles. The van der Waals surface area contributed by atoms with Crippen LogP contribution in [0.5, 0.6) is 0 Å². The number of hydrogen-bond donors (Lipinski definition) is 4. The van der Waals surface area contributed by atoms with Crippen molar-refractivity contribution >= 4 is 22.9 Å². The molecule has 2 aliphatic rings. The molecule has 10 heteroatoms. The number of nitrogens with two attached hydrogens (primary N) is 2. The zero-order chi connectivity index (χ0) is 15.9. The molecule has 0 bridgehead atoms. The number of aliphatic hydroxyl groups is 2. The summed E-state index contributed by atoms with van der Waals surface area (Å²) in [5.74, 6) is 0.0779. The maximum Gasteiger partial charge on any atom is 0.224 e. The maximum atomic E-state index is 10.5. The van der Waals surface area contributed by atoms with Gasteiger partial charge < -0.3 is 26.4 Å². The molecule has 1 aliphatic carbocycles. The van der Waals surface area contributed by atoms with Crippen LogP contribution in [0.3, 0.4) is 0 Å². The molecule has 1 saturated carbocycles. The van der Waals surface area contributed by atoms with Crippen molar-refractivity contribution in [1.82, 2.24) is 19.5 Å². The molecule has 0 spiro atoms. The SMILES string of the molecule is C[C@]1(C#N)[C@H](n2cnc3c(N)nc(N)nc32)O[C@@H]2C(O)[C@@]21O. The van der Waals surface area contributed by atoms with Gasteiger partial charge in [0.05, 0.1) is 12.4 Å². The number of rotatable bonds is 1. The average Bonchev–Trinajstić information content (AvgIpc) is 2.79. The van der Waals surface area contributed by atoms with Gasteiger partial charge >= 0.3 is 0 Å². The van der Waals surface area contributed by atoms with Crippen LogP contribution in [0, 0.1) is 16.7 Å². The summed E-state index contributed by atoms with van der Waals surface area (Å²) in [5.41, 5.74) is 8.98. The Kier molecular flexibility index (Phi) is 2.18. The number of ether oxygens (including phenoxy) is 1. The van der Waals surface area contributed by atoms with Crippen molar-refractivity contribution in [1.29, 1.82) is 5.26 Å². The lowest BCUT2D eigenvalue weighted by atomic mass is 9.82. The summed E-state index contributed by atoms with van der Waals surface area (Å²) >= 11 is 0. The van der Waals surface area contributed by atoms with Gasteiger partial charge in [-0.25, -0.2) is 4.98 Å². The highest BCUT2D eigenvalue weighted by atomic mass is 16.6. The molecule has 5 atom stereocenters. The third-order valence-electron chi connectivity index (χ3n) is 4.61. The Morgan fingerprint density at radius 1 is 1.45 bits per heavy atom. The van der Waals surface area contributed by atoms with E-state index in [9.17, 15) is 15.5 Å². The lowest BCUT2D eigenvalue weighted by molar-refractivity contribution is -0.0732. The fourth-order valence-electron chi connectivity index (χ4n) is 3.20. The van der Waals surface area contributed by atoms with E-state index in [2.05, 4.69) is 15.0 Å². The van der Waals surface area contributed by atoms with Crippen LogP contribution >= 0.6 is 0 Å². The molecule has 0 amide bonds. The number of aromatic nitrogens is 4. The highest BCUT2D eigenvalue weighted by molar-refractivity contribution is 5.82. The first-order chi connectivity index (χ1) is 10.3. The molecule has 0 aromatic carbocycles. The van der Waals surface area contributed by atoms with Gasteiger partial charge in [0, 0.05) is 0 Å². The molecule has 0 radical (unpaired) electrons. The Morgan fingerprint density at radius 3 is 2.86 bits per heavy atom. The predicted octanol–water partition coefficient (Wildman–Crippen LogP) is -1.48. The van der Waals surface area contributed by atoms with Gasteiger partial charge in [-0.1, -0.05) is 0 Å². The Balaban J connectivity index is 1.89. The van der Waals surface area contributed by atoms with Gasteiger partial charge in [-0.15, -0.1) is 0 Å². The zero-order valence-electron chi connectivity index (χ0n) is 11.5. The molecule has 10 nitrogen and oxygen atoms in total. The molecule has 2 aromatic rings. The van der Waals surface area contributed by atoms with Gasteiger partial charge in [-0.2, -0.15) is 15.2 Å². The zero-order valence-corrected chi connectivity index (χ0v) is 11.5. The Bertz CT molecular complexity index is 845. The lowest BCUT2D eigenvalue weighted by Gasteiger charge is -2.30. The van der Waals surface area contributed by atoms with Gasteiger partial charge in [0.1, 0.15) is 28.7 Å². The van der Waals surface area contributed by atoms with Crippen LogP contribution in [0.1, 0.15) is 13.2 Å². The summed E-state index contributed by atoms with van der Waals surface area (Å²) in [5, 5.41) is 29.8. The second-order valence-electron chi connectivity index (χ2n) is 5.78. The molecule has 1 unspecified atom stereocenters. The van der Waals surface area contributed by atoms with Crippen LogP contribution in [0.4, 0.5) is 11.8 Å². The molecular weight excluding hydrogens is 290 g/mol. The van der Waals surface area contributed by atoms with E-state index in [-0.39, 0.29) is 11.8 Å². The molecule has 4 rings (SSSR count). The summed E-state index contributed by atoms with van der Waals surface area (Å²) in [6.45, 7) is 1.52. The normalized spacial score (nSPS) is 39.6. The van der Waals surface area contributed by atoms with Crippen LogP contribution in [0.25, 0.3) is 11.2 Å². The van der Waals surface area contributed by atoms with Crippen LogP contribution in [-0.2, 0) is 4.74 Å². The summed E-state index contributed by atoms with van der Waals surface area (Å²) in [4.78, 5) is 12.0. The molecule has 2 fully saturated rings. The van der Waals surface area contributed by atoms with Crippen molar-refractivity contribution in [2.24, 2.45) is 5.41 Å². The van der Waals surface area contributed by atoms with Crippen molar-refractivity contribution in [3.8, 4) is 6.07 Å². The number of nitrogens with zero attached hydrogens (tertiary/aromatic N) is 5. The smallest absolute Gasteiger partial charge is 0.224 e. The van der Waals surface area contributed by atoms with Crippen molar-refractivity contribution < 1.29 is 14.9 Å². The van der Waals surface area contributed by atoms with E-state index in [0.717, 1.165) is 0 Å². The number of nitriles is 1. The first kappa shape index (κ1) is 13.2. The molecule has 2 aromatic heterocycles. The number of hydrogen-bond acceptors (Lipinski definition) is 9. The molecule has 3 heterocycles. The van der Waals surface area contributed by atoms with E-state index >= 15 is 0 Å². The first-order valence-electron chi connectivity index (χ1n) is 6.57. The lowest BCUT2D eigenvalue weighted by Crippen LogP contribution is -2.41. The predicted molar refractivity (Wildman–Crippen MR) is 72.7 cm³/mol. The summed E-state index contributed by atoms with van der Waals surface area (Å²) in [7, 11) is 0. The maximum absolute atomic E-state index is 10.5. The van der Waals surface area contributed by atoms with Crippen molar-refractivity contribution in [3.63, 3.8) is 0 Å². The van der Waals surface area contributed by atoms with Gasteiger partial charge in [0.2, 0.25) is 5.95 Å². The summed E-state index contributed by atoms with van der Waals surface area (Å²) in [6, 6.07) is 2.05. The minimum absolute atomic E-state index is 0.0349. The van der Waals surface area contributed by atoms with E-state index in [1.165, 1.54) is 17.8 Å². The Labute approximate surface area is 124 Å². The summed E-state index contributed by atoms with van der Waals surface area (Å²) in [6.07, 6.45) is -1.39. The highest BCUT2D eigenvalue weighted by Gasteiger charge is 2.82. The molecule has 114 valence electrons. The molecule has 1 saturated heterocycles. The second-order valence-corrected chi connectivity index (χ2v) is 5.78. The van der Waals surface area contributed by atoms with Gasteiger partial charge in [-0.05, 0) is 6.92 Å². The first-order valence-corrected chi connectivity index (χ1v) is 6.57. The largest absolute Gasteiger partial charge is 0.387 e. The van der Waals surface area contributed by atoms with Crippen molar-refractivity contribution in [3.05, 3.63) is 6.33 Å². The van der Waals surface area contributed by atoms with Crippen molar-refractivity contribution in [2.45, 2.75) is 31.0 Å². The number of imidazole rings is 1. The van der Waals surface area contributed by atoms with Crippen molar-refractivity contribution in [2.75, 3.05) is 11.5 Å². The van der Waals surface area contributed by atoms with Gasteiger partial charge in [-0.3, -0.25) is 4.57 Å². The van der Waals surface area contributed by atoms with E-state index in [4.69, 9.17) is 16.2 Å². The topological polar surface area (TPSA) is 169 Å². The number of fused-ring (bicyclic) bond motifs is 2. The minimum Gasteiger partial charge on any atom is -0.387 e. The van der Waals surface area contributed by atoms with Gasteiger partial charge in [0.25, 0.3) is 0 Å². The van der Waals surface area contributed by atoms with Gasteiger partial charge in [0.15, 0.2) is 17.7 Å². The standard InChI is InChI=1S/C12H13N7O3/c1-11(2-13)9(22-6-5(20)12(6,11)21)19-3-16-4-7(14)17-10(15)18-8(4)19/h3,5-6,9,20-21H,1H3,(H4,14,15,17,18)/t5?,6-,9-,11+,12-/m1/s1. The minimum atomic E-state index is -1.62. The second kappa shape index (κ2) is 3.64.